The number of hydrogen-bond donors (Lipinski definition) is 0. The zero-order valence-electron chi connectivity index (χ0n) is 15.4. The number of ether oxygens (including phenoxy) is 2. The first-order valence-corrected chi connectivity index (χ1v) is 8.52. The van der Waals surface area contributed by atoms with Crippen molar-refractivity contribution >= 4 is 23.5 Å². The SMILES string of the molecule is C=CC(=O)CCCOC(=O)c1cc(C(=O)OCCCC(=O)C=C)c[n+](C)c1. The number of esters is 2. The van der Waals surface area contributed by atoms with Gasteiger partial charge >= 0.3 is 11.9 Å². The number of carbonyl (C=O) groups is 4. The Labute approximate surface area is 158 Å². The van der Waals surface area contributed by atoms with Gasteiger partial charge in [-0.3, -0.25) is 9.59 Å². The molecule has 0 saturated heterocycles. The summed E-state index contributed by atoms with van der Waals surface area (Å²) >= 11 is 0. The van der Waals surface area contributed by atoms with Crippen LogP contribution < -0.4 is 4.57 Å². The molecule has 0 saturated carbocycles. The highest BCUT2D eigenvalue weighted by molar-refractivity contribution is 5.94. The molecule has 0 atom stereocenters. The van der Waals surface area contributed by atoms with Crippen LogP contribution in [0.3, 0.4) is 0 Å². The van der Waals surface area contributed by atoms with Crippen LogP contribution in [0.25, 0.3) is 0 Å². The molecule has 0 N–H and O–H groups in total. The molecule has 0 unspecified atom stereocenters. The third kappa shape index (κ3) is 8.22. The van der Waals surface area contributed by atoms with Gasteiger partial charge in [0, 0.05) is 12.8 Å². The van der Waals surface area contributed by atoms with Crippen LogP contribution in [0.15, 0.2) is 43.8 Å². The topological polar surface area (TPSA) is 90.6 Å². The first-order valence-electron chi connectivity index (χ1n) is 8.52. The zero-order chi connectivity index (χ0) is 20.2. The summed E-state index contributed by atoms with van der Waals surface area (Å²) in [4.78, 5) is 46.5. The van der Waals surface area contributed by atoms with Gasteiger partial charge in [-0.15, -0.1) is 0 Å². The van der Waals surface area contributed by atoms with Crippen molar-refractivity contribution < 1.29 is 33.2 Å². The van der Waals surface area contributed by atoms with E-state index in [1.807, 2.05) is 0 Å². The lowest BCUT2D eigenvalue weighted by atomic mass is 10.2. The highest BCUT2D eigenvalue weighted by Gasteiger charge is 2.18. The van der Waals surface area contributed by atoms with Crippen LogP contribution in [0.2, 0.25) is 0 Å². The Morgan fingerprint density at radius 2 is 1.30 bits per heavy atom. The minimum atomic E-state index is -0.595. The summed E-state index contributed by atoms with van der Waals surface area (Å²) in [6.07, 6.45) is 6.81. The molecule has 0 fully saturated rings. The number of aromatic nitrogens is 1. The summed E-state index contributed by atoms with van der Waals surface area (Å²) < 4.78 is 11.8. The van der Waals surface area contributed by atoms with E-state index in [2.05, 4.69) is 13.2 Å². The minimum absolute atomic E-state index is 0.0914. The molecule has 0 radical (unpaired) electrons. The molecule has 7 heteroatoms. The fraction of sp³-hybridized carbons (Fsp3) is 0.350. The minimum Gasteiger partial charge on any atom is -0.462 e. The third-order valence-corrected chi connectivity index (χ3v) is 3.52. The van der Waals surface area contributed by atoms with Gasteiger partial charge in [0.15, 0.2) is 24.0 Å². The summed E-state index contributed by atoms with van der Waals surface area (Å²) in [7, 11) is 1.67. The maximum atomic E-state index is 12.1. The normalized spacial score (nSPS) is 9.96. The average molecular weight is 374 g/mol. The standard InChI is InChI=1S/C20H24NO6/c1-4-17(22)8-6-10-26-19(24)15-12-16(14-21(3)13-15)20(25)27-11-7-9-18(23)5-2/h4-5,12-14H,1-2,6-11H2,3H3/q+1. The van der Waals surface area contributed by atoms with E-state index in [4.69, 9.17) is 9.47 Å². The molecule has 0 bridgehead atoms. The van der Waals surface area contributed by atoms with Gasteiger partial charge in [0.25, 0.3) is 0 Å². The van der Waals surface area contributed by atoms with Crippen LogP contribution in [0, 0.1) is 0 Å². The predicted molar refractivity (Wildman–Crippen MR) is 97.1 cm³/mol. The van der Waals surface area contributed by atoms with Gasteiger partial charge in [-0.25, -0.2) is 14.2 Å². The molecule has 7 nitrogen and oxygen atoms in total. The Morgan fingerprint density at radius 3 is 1.67 bits per heavy atom. The number of carbonyl (C=O) groups excluding carboxylic acids is 4. The molecule has 0 aromatic carbocycles. The van der Waals surface area contributed by atoms with Gasteiger partial charge in [-0.05, 0) is 31.1 Å². The second-order valence-electron chi connectivity index (χ2n) is 5.80. The first-order chi connectivity index (χ1) is 12.9. The molecule has 144 valence electrons. The summed E-state index contributed by atoms with van der Waals surface area (Å²) in [6, 6.07) is 1.38. The second kappa shape index (κ2) is 11.5. The second-order valence-corrected chi connectivity index (χ2v) is 5.80. The number of rotatable bonds is 12. The highest BCUT2D eigenvalue weighted by Crippen LogP contribution is 2.07. The molecule has 1 aromatic rings. The lowest BCUT2D eigenvalue weighted by molar-refractivity contribution is -0.671. The average Bonchev–Trinajstić information content (AvgIpc) is 2.67. The smallest absolute Gasteiger partial charge is 0.344 e. The van der Waals surface area contributed by atoms with Crippen LogP contribution in [-0.4, -0.2) is 36.7 Å². The van der Waals surface area contributed by atoms with Crippen molar-refractivity contribution in [1.29, 1.82) is 0 Å². The molecule has 0 amide bonds. The van der Waals surface area contributed by atoms with Gasteiger partial charge in [0.1, 0.15) is 18.2 Å². The summed E-state index contributed by atoms with van der Waals surface area (Å²) in [5.74, 6) is -1.42. The van der Waals surface area contributed by atoms with Crippen molar-refractivity contribution in [2.75, 3.05) is 13.2 Å². The lowest BCUT2D eigenvalue weighted by Gasteiger charge is -2.06. The van der Waals surface area contributed by atoms with Crippen molar-refractivity contribution in [1.82, 2.24) is 0 Å². The van der Waals surface area contributed by atoms with Crippen LogP contribution in [0.5, 0.6) is 0 Å². The molecule has 0 spiro atoms. The molecule has 0 aliphatic carbocycles. The van der Waals surface area contributed by atoms with E-state index in [0.717, 1.165) is 0 Å². The third-order valence-electron chi connectivity index (χ3n) is 3.52. The maximum Gasteiger partial charge on any atom is 0.344 e. The van der Waals surface area contributed by atoms with Gasteiger partial charge in [0.05, 0.1) is 13.2 Å². The monoisotopic (exact) mass is 374 g/mol. The summed E-state index contributed by atoms with van der Waals surface area (Å²) in [5, 5.41) is 0. The van der Waals surface area contributed by atoms with E-state index in [9.17, 15) is 19.2 Å². The quantitative estimate of drug-likeness (QED) is 0.240. The van der Waals surface area contributed by atoms with Crippen molar-refractivity contribution in [2.24, 2.45) is 7.05 Å². The zero-order valence-corrected chi connectivity index (χ0v) is 15.4. The summed E-state index contributed by atoms with van der Waals surface area (Å²) in [5.41, 5.74) is 0.396. The number of allylic oxidation sites excluding steroid dienone is 2. The highest BCUT2D eigenvalue weighted by atomic mass is 16.5. The number of pyridine rings is 1. The van der Waals surface area contributed by atoms with Crippen molar-refractivity contribution in [2.45, 2.75) is 25.7 Å². The van der Waals surface area contributed by atoms with Gasteiger partial charge in [-0.1, -0.05) is 13.2 Å². The van der Waals surface area contributed by atoms with Gasteiger partial charge < -0.3 is 9.47 Å². The van der Waals surface area contributed by atoms with E-state index in [-0.39, 0.29) is 48.7 Å². The molecular formula is C20H24NO6+. The Bertz CT molecular complexity index is 680. The van der Waals surface area contributed by atoms with E-state index in [0.29, 0.717) is 12.8 Å². The van der Waals surface area contributed by atoms with Crippen LogP contribution in [0.1, 0.15) is 46.4 Å². The molecule has 1 heterocycles. The fourth-order valence-corrected chi connectivity index (χ4v) is 2.13. The Hall–Kier alpha value is -3.09. The molecule has 0 aliphatic rings. The van der Waals surface area contributed by atoms with Crippen LogP contribution in [-0.2, 0) is 26.1 Å². The van der Waals surface area contributed by atoms with E-state index in [1.165, 1.54) is 30.6 Å². The molecule has 27 heavy (non-hydrogen) atoms. The van der Waals surface area contributed by atoms with E-state index < -0.39 is 11.9 Å². The number of ketones is 2. The maximum absolute atomic E-state index is 12.1. The summed E-state index contributed by atoms with van der Waals surface area (Å²) in [6.45, 7) is 6.93. The predicted octanol–water partition coefficient (Wildman–Crippen LogP) is 1.90. The fourth-order valence-electron chi connectivity index (χ4n) is 2.13. The van der Waals surface area contributed by atoms with Gasteiger partial charge in [0.2, 0.25) is 0 Å². The van der Waals surface area contributed by atoms with Crippen molar-refractivity contribution in [3.8, 4) is 0 Å². The van der Waals surface area contributed by atoms with E-state index in [1.54, 1.807) is 11.6 Å². The lowest BCUT2D eigenvalue weighted by Crippen LogP contribution is -2.31. The van der Waals surface area contributed by atoms with Crippen molar-refractivity contribution in [3.63, 3.8) is 0 Å². The largest absolute Gasteiger partial charge is 0.462 e. The molecular weight excluding hydrogens is 350 g/mol. The number of hydrogen-bond acceptors (Lipinski definition) is 6. The first kappa shape index (κ1) is 22.0. The Morgan fingerprint density at radius 1 is 0.889 bits per heavy atom. The van der Waals surface area contributed by atoms with Crippen molar-refractivity contribution in [3.05, 3.63) is 54.9 Å². The Balaban J connectivity index is 2.59. The number of nitrogens with zero attached hydrogens (tertiary/aromatic N) is 1. The number of aryl methyl sites for hydroxylation is 1. The van der Waals surface area contributed by atoms with Crippen LogP contribution >= 0.6 is 0 Å². The van der Waals surface area contributed by atoms with Crippen LogP contribution in [0.4, 0.5) is 0 Å². The molecule has 0 aliphatic heterocycles. The van der Waals surface area contributed by atoms with E-state index >= 15 is 0 Å². The molecule has 1 aromatic heterocycles. The van der Waals surface area contributed by atoms with Gasteiger partial charge in [-0.2, -0.15) is 0 Å². The molecule has 1 rings (SSSR count). The Kier molecular flexibility index (Phi) is 9.36.